The lowest BCUT2D eigenvalue weighted by Crippen LogP contribution is -2.48. The number of nitrogens with one attached hydrogen (secondary N) is 2. The average molecular weight is 401 g/mol. The number of halogens is 3. The number of carbonyl (C=O) groups is 2. The summed E-state index contributed by atoms with van der Waals surface area (Å²) in [5, 5.41) is 0.682. The van der Waals surface area contributed by atoms with Crippen LogP contribution in [0.3, 0.4) is 0 Å². The van der Waals surface area contributed by atoms with Gasteiger partial charge in [-0.05, 0) is 37.3 Å². The van der Waals surface area contributed by atoms with Crippen LogP contribution < -0.4 is 20.3 Å². The minimum atomic E-state index is -0.943. The normalized spacial score (nSPS) is 11.4. The van der Waals surface area contributed by atoms with Crippen molar-refractivity contribution >= 4 is 35.0 Å². The molecule has 0 fully saturated rings. The van der Waals surface area contributed by atoms with Crippen molar-refractivity contribution in [1.29, 1.82) is 0 Å². The number of para-hydroxylation sites is 1. The predicted molar refractivity (Wildman–Crippen MR) is 94.7 cm³/mol. The Morgan fingerprint density at radius 3 is 2.54 bits per heavy atom. The molecule has 0 saturated heterocycles. The molecule has 9 heteroatoms. The molecule has 2 aromatic rings. The van der Waals surface area contributed by atoms with Crippen LogP contribution in [0, 0.1) is 5.82 Å². The summed E-state index contributed by atoms with van der Waals surface area (Å²) in [6, 6.07) is 10.2. The van der Waals surface area contributed by atoms with E-state index in [0.29, 0.717) is 5.02 Å². The van der Waals surface area contributed by atoms with E-state index >= 15 is 0 Å². The second-order valence-electron chi connectivity index (χ2n) is 5.09. The van der Waals surface area contributed by atoms with Gasteiger partial charge in [0.05, 0.1) is 5.02 Å². The Morgan fingerprint density at radius 2 is 1.85 bits per heavy atom. The van der Waals surface area contributed by atoms with Crippen LogP contribution in [0.4, 0.5) is 4.39 Å². The van der Waals surface area contributed by atoms with E-state index in [2.05, 4.69) is 10.9 Å². The Balaban J connectivity index is 1.78. The third kappa shape index (κ3) is 5.79. The first-order chi connectivity index (χ1) is 12.4. The lowest BCUT2D eigenvalue weighted by atomic mass is 10.3. The summed E-state index contributed by atoms with van der Waals surface area (Å²) in [5.41, 5.74) is 4.32. The maximum Gasteiger partial charge on any atom is 0.279 e. The summed E-state index contributed by atoms with van der Waals surface area (Å²) in [7, 11) is 0. The van der Waals surface area contributed by atoms with Crippen molar-refractivity contribution < 1.29 is 23.5 Å². The van der Waals surface area contributed by atoms with Crippen LogP contribution in [-0.2, 0) is 9.59 Å². The highest BCUT2D eigenvalue weighted by Gasteiger charge is 2.17. The Kier molecular flexibility index (Phi) is 7.06. The van der Waals surface area contributed by atoms with Gasteiger partial charge in [0, 0.05) is 5.02 Å². The number of hydrogen-bond acceptors (Lipinski definition) is 4. The first-order valence-corrected chi connectivity index (χ1v) is 8.20. The molecule has 1 atom stereocenters. The van der Waals surface area contributed by atoms with Crippen LogP contribution >= 0.6 is 23.2 Å². The molecule has 0 radical (unpaired) electrons. The highest BCUT2D eigenvalue weighted by Crippen LogP contribution is 2.28. The van der Waals surface area contributed by atoms with Gasteiger partial charge in [-0.1, -0.05) is 35.3 Å². The molecule has 2 N–H and O–H groups in total. The molecule has 0 aliphatic carbocycles. The zero-order valence-electron chi connectivity index (χ0n) is 13.6. The Labute approximate surface area is 159 Å². The van der Waals surface area contributed by atoms with Crippen molar-refractivity contribution in [2.45, 2.75) is 13.0 Å². The van der Waals surface area contributed by atoms with Crippen LogP contribution in [0.25, 0.3) is 0 Å². The smallest absolute Gasteiger partial charge is 0.279 e. The Hall–Kier alpha value is -2.51. The quantitative estimate of drug-likeness (QED) is 0.730. The molecule has 2 rings (SSSR count). The molecular formula is C17H15Cl2FN2O4. The Morgan fingerprint density at radius 1 is 1.12 bits per heavy atom. The van der Waals surface area contributed by atoms with E-state index in [1.165, 1.54) is 37.3 Å². The first-order valence-electron chi connectivity index (χ1n) is 7.44. The molecule has 0 bridgehead atoms. The molecule has 6 nitrogen and oxygen atoms in total. The molecule has 26 heavy (non-hydrogen) atoms. The third-order valence-corrected chi connectivity index (χ3v) is 3.62. The topological polar surface area (TPSA) is 76.7 Å². The van der Waals surface area contributed by atoms with Crippen molar-refractivity contribution in [3.63, 3.8) is 0 Å². The van der Waals surface area contributed by atoms with Crippen molar-refractivity contribution in [3.05, 3.63) is 58.3 Å². The van der Waals surface area contributed by atoms with Crippen molar-refractivity contribution in [2.24, 2.45) is 0 Å². The van der Waals surface area contributed by atoms with Crippen LogP contribution in [0.5, 0.6) is 11.5 Å². The molecule has 0 spiro atoms. The van der Waals surface area contributed by atoms with E-state index in [0.717, 1.165) is 0 Å². The molecule has 0 saturated carbocycles. The summed E-state index contributed by atoms with van der Waals surface area (Å²) in [4.78, 5) is 23.6. The SMILES string of the molecule is C[C@H](Oc1ccc(Cl)cc1Cl)C(=O)NNC(=O)COc1ccccc1F. The fraction of sp³-hybridized carbons (Fsp3) is 0.176. The minimum Gasteiger partial charge on any atom is -0.481 e. The third-order valence-electron chi connectivity index (χ3n) is 3.09. The zero-order valence-corrected chi connectivity index (χ0v) is 15.1. The summed E-state index contributed by atoms with van der Waals surface area (Å²) in [6.07, 6.45) is -0.943. The minimum absolute atomic E-state index is 0.0666. The van der Waals surface area contributed by atoms with E-state index in [1.54, 1.807) is 12.1 Å². The van der Waals surface area contributed by atoms with Gasteiger partial charge in [0.15, 0.2) is 24.3 Å². The summed E-state index contributed by atoms with van der Waals surface area (Å²) < 4.78 is 23.8. The van der Waals surface area contributed by atoms with E-state index in [1.807, 2.05) is 0 Å². The van der Waals surface area contributed by atoms with Crippen molar-refractivity contribution in [2.75, 3.05) is 6.61 Å². The summed E-state index contributed by atoms with van der Waals surface area (Å²) >= 11 is 11.7. The van der Waals surface area contributed by atoms with Gasteiger partial charge in [-0.25, -0.2) is 4.39 Å². The second kappa shape index (κ2) is 9.26. The molecule has 0 aliphatic rings. The van der Waals surface area contributed by atoms with Crippen LogP contribution in [-0.4, -0.2) is 24.5 Å². The number of amides is 2. The van der Waals surface area contributed by atoms with Gasteiger partial charge in [0.2, 0.25) is 0 Å². The zero-order chi connectivity index (χ0) is 19.1. The molecule has 0 unspecified atom stereocenters. The van der Waals surface area contributed by atoms with Gasteiger partial charge in [-0.3, -0.25) is 20.4 Å². The lowest BCUT2D eigenvalue weighted by molar-refractivity contribution is -0.133. The number of rotatable bonds is 6. The largest absolute Gasteiger partial charge is 0.481 e. The number of ether oxygens (including phenoxy) is 2. The molecule has 2 amide bonds. The second-order valence-corrected chi connectivity index (χ2v) is 5.93. The van der Waals surface area contributed by atoms with Crippen LogP contribution in [0.1, 0.15) is 6.92 Å². The van der Waals surface area contributed by atoms with E-state index in [9.17, 15) is 14.0 Å². The van der Waals surface area contributed by atoms with Crippen LogP contribution in [0.2, 0.25) is 10.0 Å². The number of hydrazine groups is 1. The van der Waals surface area contributed by atoms with E-state index in [-0.39, 0.29) is 16.5 Å². The Bertz CT molecular complexity index is 804. The van der Waals surface area contributed by atoms with Gasteiger partial charge in [0.25, 0.3) is 11.8 Å². The standard InChI is InChI=1S/C17H15Cl2FN2O4/c1-10(26-14-7-6-11(18)8-12(14)19)17(24)22-21-16(23)9-25-15-5-3-2-4-13(15)20/h2-8,10H,9H2,1H3,(H,21,23)(H,22,24)/t10-/m0/s1. The molecule has 138 valence electrons. The molecule has 0 aliphatic heterocycles. The molecular weight excluding hydrogens is 386 g/mol. The van der Waals surface area contributed by atoms with Gasteiger partial charge in [-0.2, -0.15) is 0 Å². The highest BCUT2D eigenvalue weighted by atomic mass is 35.5. The van der Waals surface area contributed by atoms with Crippen LogP contribution in [0.15, 0.2) is 42.5 Å². The van der Waals surface area contributed by atoms with Gasteiger partial charge < -0.3 is 9.47 Å². The van der Waals surface area contributed by atoms with Gasteiger partial charge >= 0.3 is 0 Å². The fourth-order valence-corrected chi connectivity index (χ4v) is 2.24. The van der Waals surface area contributed by atoms with E-state index < -0.39 is 30.3 Å². The lowest BCUT2D eigenvalue weighted by Gasteiger charge is -2.16. The maximum atomic E-state index is 13.4. The first kappa shape index (κ1) is 19.8. The van der Waals surface area contributed by atoms with Gasteiger partial charge in [-0.15, -0.1) is 0 Å². The van der Waals surface area contributed by atoms with E-state index in [4.69, 9.17) is 32.7 Å². The monoisotopic (exact) mass is 400 g/mol. The molecule has 0 aromatic heterocycles. The fourth-order valence-electron chi connectivity index (χ4n) is 1.79. The summed E-state index contributed by atoms with van der Waals surface area (Å²) in [5.74, 6) is -1.67. The highest BCUT2D eigenvalue weighted by molar-refractivity contribution is 6.35. The molecule has 0 heterocycles. The number of benzene rings is 2. The predicted octanol–water partition coefficient (Wildman–Crippen LogP) is 3.13. The van der Waals surface area contributed by atoms with Crippen molar-refractivity contribution in [3.8, 4) is 11.5 Å². The summed E-state index contributed by atoms with van der Waals surface area (Å²) in [6.45, 7) is 1.00. The maximum absolute atomic E-state index is 13.4. The molecule has 2 aromatic carbocycles. The number of hydrogen-bond donors (Lipinski definition) is 2. The van der Waals surface area contributed by atoms with Gasteiger partial charge in [0.1, 0.15) is 5.75 Å². The number of carbonyl (C=O) groups excluding carboxylic acids is 2. The average Bonchev–Trinajstić information content (AvgIpc) is 2.61. The van der Waals surface area contributed by atoms with Crippen molar-refractivity contribution in [1.82, 2.24) is 10.9 Å².